The van der Waals surface area contributed by atoms with Crippen LogP contribution in [0.1, 0.15) is 37.4 Å². The molecular weight excluding hydrogens is 424 g/mol. The van der Waals surface area contributed by atoms with Crippen LogP contribution in [0.3, 0.4) is 0 Å². The molecule has 32 heavy (non-hydrogen) atoms. The first-order valence-corrected chi connectivity index (χ1v) is 11.5. The van der Waals surface area contributed by atoms with Crippen LogP contribution in [0.2, 0.25) is 0 Å². The second-order valence-electron chi connectivity index (χ2n) is 8.96. The van der Waals surface area contributed by atoms with E-state index in [-0.39, 0.29) is 22.7 Å². The van der Waals surface area contributed by atoms with E-state index in [4.69, 9.17) is 5.10 Å². The summed E-state index contributed by atoms with van der Waals surface area (Å²) >= 11 is 1.53. The topological polar surface area (TPSA) is 100 Å². The number of nitrogens with one attached hydrogen (secondary N) is 1. The molecule has 3 N–H and O–H groups in total. The van der Waals surface area contributed by atoms with Gasteiger partial charge in [-0.2, -0.15) is 4.98 Å². The molecule has 0 fully saturated rings. The first-order chi connectivity index (χ1) is 15.3. The monoisotopic (exact) mass is 448 g/mol. The molecule has 3 aromatic rings. The molecule has 1 aliphatic heterocycles. The van der Waals surface area contributed by atoms with E-state index in [9.17, 15) is 15.0 Å². The van der Waals surface area contributed by atoms with Gasteiger partial charge in [-0.25, -0.2) is 4.68 Å². The number of allylic oxidation sites excluding steroid dienone is 2. The summed E-state index contributed by atoms with van der Waals surface area (Å²) in [6.45, 7) is 4.08. The first kappa shape index (κ1) is 20.6. The van der Waals surface area contributed by atoms with Crippen molar-refractivity contribution in [3.05, 3.63) is 71.4 Å². The van der Waals surface area contributed by atoms with E-state index in [1.165, 1.54) is 29.5 Å². The lowest BCUT2D eigenvalue weighted by molar-refractivity contribution is -0.125. The predicted molar refractivity (Wildman–Crippen MR) is 123 cm³/mol. The standard InChI is InChI=1S/C24H24N4O3S/c1-24(2)11-16-20(19(31)12-24)21(15-8-9-17(29)18(30)10-15)28-22(25-16)26-23(27-28)32-13-14-6-4-3-5-7-14/h3-11,20-21,29-30H,12-13H2,1-2H3,(H,25,26,27)/t20-,21-/m1/s1. The number of aromatic hydroxyl groups is 2. The Kier molecular flexibility index (Phi) is 4.97. The highest BCUT2D eigenvalue weighted by Gasteiger charge is 2.45. The molecule has 0 saturated carbocycles. The van der Waals surface area contributed by atoms with Crippen molar-refractivity contribution < 1.29 is 15.0 Å². The molecule has 2 heterocycles. The summed E-state index contributed by atoms with van der Waals surface area (Å²) < 4.78 is 1.73. The third-order valence-electron chi connectivity index (χ3n) is 5.86. The summed E-state index contributed by atoms with van der Waals surface area (Å²) in [5.74, 6) is 0.506. The molecule has 164 valence electrons. The maximum atomic E-state index is 13.2. The Labute approximate surface area is 190 Å². The van der Waals surface area contributed by atoms with Crippen molar-refractivity contribution in [2.24, 2.45) is 11.3 Å². The maximum Gasteiger partial charge on any atom is 0.227 e. The molecule has 5 rings (SSSR count). The van der Waals surface area contributed by atoms with Gasteiger partial charge in [-0.05, 0) is 28.7 Å². The number of phenols is 2. The SMILES string of the molecule is CC1(C)C=C2Nc3nc(SCc4ccccc4)nn3[C@H](c3ccc(O)c(O)c3)[C@H]2C(=O)C1. The number of nitrogens with zero attached hydrogens (tertiary/aromatic N) is 3. The minimum atomic E-state index is -0.467. The number of Topliss-reactive ketones (excluding diaryl/α,β-unsaturated/α-hetero) is 1. The van der Waals surface area contributed by atoms with Gasteiger partial charge in [-0.3, -0.25) is 4.79 Å². The van der Waals surface area contributed by atoms with Crippen LogP contribution in [-0.4, -0.2) is 30.8 Å². The number of carbonyl (C=O) groups is 1. The Hall–Kier alpha value is -3.26. The molecule has 0 radical (unpaired) electrons. The van der Waals surface area contributed by atoms with Gasteiger partial charge in [-0.15, -0.1) is 5.10 Å². The number of anilines is 1. The fraction of sp³-hybridized carbons (Fsp3) is 0.292. The van der Waals surface area contributed by atoms with Gasteiger partial charge in [-0.1, -0.05) is 68.1 Å². The summed E-state index contributed by atoms with van der Waals surface area (Å²) in [5, 5.41) is 28.6. The zero-order valence-corrected chi connectivity index (χ0v) is 18.6. The Morgan fingerprint density at radius 1 is 1.16 bits per heavy atom. The second kappa shape index (κ2) is 7.70. The molecule has 0 unspecified atom stereocenters. The van der Waals surface area contributed by atoms with Gasteiger partial charge in [0, 0.05) is 17.9 Å². The summed E-state index contributed by atoms with van der Waals surface area (Å²) in [4.78, 5) is 17.9. The third kappa shape index (κ3) is 3.75. The number of thioether (sulfide) groups is 1. The lowest BCUT2D eigenvalue weighted by atomic mass is 9.72. The van der Waals surface area contributed by atoms with Crippen molar-refractivity contribution in [1.82, 2.24) is 14.8 Å². The average molecular weight is 449 g/mol. The van der Waals surface area contributed by atoms with Crippen LogP contribution in [0.5, 0.6) is 11.5 Å². The zero-order valence-electron chi connectivity index (χ0n) is 17.8. The molecule has 8 heteroatoms. The summed E-state index contributed by atoms with van der Waals surface area (Å²) in [6, 6.07) is 14.3. The minimum absolute atomic E-state index is 0.109. The van der Waals surface area contributed by atoms with Gasteiger partial charge < -0.3 is 15.5 Å². The van der Waals surface area contributed by atoms with E-state index in [0.717, 1.165) is 11.4 Å². The number of ketones is 1. The smallest absolute Gasteiger partial charge is 0.227 e. The minimum Gasteiger partial charge on any atom is -0.504 e. The molecule has 7 nitrogen and oxygen atoms in total. The van der Waals surface area contributed by atoms with Gasteiger partial charge in [0.2, 0.25) is 11.1 Å². The Bertz CT molecular complexity index is 1220. The number of fused-ring (bicyclic) bond motifs is 2. The number of hydrogen-bond donors (Lipinski definition) is 3. The molecule has 2 aromatic carbocycles. The van der Waals surface area contributed by atoms with Crippen molar-refractivity contribution in [2.45, 2.75) is 37.2 Å². The molecule has 1 aromatic heterocycles. The molecule has 1 aliphatic carbocycles. The lowest BCUT2D eigenvalue weighted by Gasteiger charge is -2.40. The van der Waals surface area contributed by atoms with E-state index >= 15 is 0 Å². The van der Waals surface area contributed by atoms with Gasteiger partial charge in [0.1, 0.15) is 5.78 Å². The van der Waals surface area contributed by atoms with E-state index in [1.54, 1.807) is 10.7 Å². The van der Waals surface area contributed by atoms with E-state index in [0.29, 0.717) is 23.1 Å². The quantitative estimate of drug-likeness (QED) is 0.399. The Morgan fingerprint density at radius 3 is 2.69 bits per heavy atom. The fourth-order valence-corrected chi connectivity index (χ4v) is 5.23. The second-order valence-corrected chi connectivity index (χ2v) is 9.91. The Morgan fingerprint density at radius 2 is 1.94 bits per heavy atom. The number of rotatable bonds is 4. The summed E-state index contributed by atoms with van der Waals surface area (Å²) in [7, 11) is 0. The molecule has 0 spiro atoms. The molecule has 2 atom stereocenters. The van der Waals surface area contributed by atoms with Crippen molar-refractivity contribution in [3.63, 3.8) is 0 Å². The zero-order chi connectivity index (χ0) is 22.5. The van der Waals surface area contributed by atoms with Gasteiger partial charge >= 0.3 is 0 Å². The number of carbonyl (C=O) groups excluding carboxylic acids is 1. The largest absolute Gasteiger partial charge is 0.504 e. The molecule has 0 bridgehead atoms. The van der Waals surface area contributed by atoms with Crippen molar-refractivity contribution >= 4 is 23.5 Å². The Balaban J connectivity index is 1.57. The molecular formula is C24H24N4O3S. The van der Waals surface area contributed by atoms with Crippen LogP contribution in [0.25, 0.3) is 0 Å². The van der Waals surface area contributed by atoms with Crippen molar-refractivity contribution in [1.29, 1.82) is 0 Å². The molecule has 2 aliphatic rings. The summed E-state index contributed by atoms with van der Waals surface area (Å²) in [6.07, 6.45) is 2.52. The summed E-state index contributed by atoms with van der Waals surface area (Å²) in [5.41, 5.74) is 2.41. The van der Waals surface area contributed by atoms with Crippen molar-refractivity contribution in [2.75, 3.05) is 5.32 Å². The van der Waals surface area contributed by atoms with E-state index in [1.807, 2.05) is 32.0 Å². The average Bonchev–Trinajstić information content (AvgIpc) is 3.15. The third-order valence-corrected chi connectivity index (χ3v) is 6.77. The highest BCUT2D eigenvalue weighted by atomic mass is 32.2. The highest BCUT2D eigenvalue weighted by Crippen LogP contribution is 2.46. The number of aromatic nitrogens is 3. The molecule has 0 saturated heterocycles. The van der Waals surface area contributed by atoms with Gasteiger partial charge in [0.25, 0.3) is 0 Å². The van der Waals surface area contributed by atoms with Crippen LogP contribution in [0.15, 0.2) is 65.5 Å². The van der Waals surface area contributed by atoms with Gasteiger partial charge in [0.05, 0.1) is 12.0 Å². The van der Waals surface area contributed by atoms with Crippen molar-refractivity contribution in [3.8, 4) is 11.5 Å². The van der Waals surface area contributed by atoms with Crippen LogP contribution in [0, 0.1) is 11.3 Å². The van der Waals surface area contributed by atoms with Crippen LogP contribution in [-0.2, 0) is 10.5 Å². The van der Waals surface area contributed by atoms with E-state index in [2.05, 4.69) is 28.5 Å². The maximum absolute atomic E-state index is 13.2. The van der Waals surface area contributed by atoms with Crippen LogP contribution >= 0.6 is 11.8 Å². The highest BCUT2D eigenvalue weighted by molar-refractivity contribution is 7.98. The number of hydrogen-bond acceptors (Lipinski definition) is 7. The first-order valence-electron chi connectivity index (χ1n) is 10.5. The molecule has 0 amide bonds. The number of benzene rings is 2. The van der Waals surface area contributed by atoms with Gasteiger partial charge in [0.15, 0.2) is 11.5 Å². The number of phenolic OH excluding ortho intramolecular Hbond substituents is 2. The fourth-order valence-electron chi connectivity index (χ4n) is 4.45. The lowest BCUT2D eigenvalue weighted by Crippen LogP contribution is -2.42. The predicted octanol–water partition coefficient (Wildman–Crippen LogP) is 4.50. The van der Waals surface area contributed by atoms with E-state index < -0.39 is 12.0 Å². The normalized spacial score (nSPS) is 21.3. The van der Waals surface area contributed by atoms with Crippen LogP contribution in [0.4, 0.5) is 5.95 Å². The van der Waals surface area contributed by atoms with Crippen LogP contribution < -0.4 is 5.32 Å².